The van der Waals surface area contributed by atoms with Crippen LogP contribution in [-0.2, 0) is 0 Å². The van der Waals surface area contributed by atoms with Gasteiger partial charge < -0.3 is 5.32 Å². The molecular formula is C12H10BrClFNS. The Bertz CT molecular complexity index is 529. The highest BCUT2D eigenvalue weighted by Crippen LogP contribution is 2.28. The van der Waals surface area contributed by atoms with Crippen LogP contribution in [0.3, 0.4) is 0 Å². The fourth-order valence-corrected chi connectivity index (χ4v) is 2.70. The molecule has 1 aromatic heterocycles. The lowest BCUT2D eigenvalue weighted by molar-refractivity contribution is 0.621. The fraction of sp³-hybridized carbons (Fsp3) is 0.167. The molecule has 0 aliphatic rings. The average Bonchev–Trinajstić information content (AvgIpc) is 2.70. The molecule has 0 bridgehead atoms. The first kappa shape index (κ1) is 12.9. The van der Waals surface area contributed by atoms with E-state index < -0.39 is 0 Å². The number of thiophene rings is 1. The second kappa shape index (κ2) is 5.38. The van der Waals surface area contributed by atoms with Gasteiger partial charge in [0.05, 0.1) is 8.81 Å². The van der Waals surface area contributed by atoms with Crippen LogP contribution >= 0.6 is 38.9 Å². The summed E-state index contributed by atoms with van der Waals surface area (Å²) < 4.78 is 14.6. The molecule has 2 aromatic rings. The van der Waals surface area contributed by atoms with Crippen LogP contribution in [0.15, 0.2) is 34.1 Å². The lowest BCUT2D eigenvalue weighted by Crippen LogP contribution is -2.05. The predicted octanol–water partition coefficient (Wildman–Crippen LogP) is 5.48. The van der Waals surface area contributed by atoms with Gasteiger partial charge in [0.1, 0.15) is 5.82 Å². The molecule has 1 heterocycles. The van der Waals surface area contributed by atoms with E-state index in [1.807, 2.05) is 24.4 Å². The van der Waals surface area contributed by atoms with Crippen molar-refractivity contribution in [2.75, 3.05) is 5.32 Å². The van der Waals surface area contributed by atoms with Gasteiger partial charge in [-0.2, -0.15) is 0 Å². The molecule has 2 rings (SSSR count). The lowest BCUT2D eigenvalue weighted by atomic mass is 10.1. The molecule has 0 fully saturated rings. The fourth-order valence-electron chi connectivity index (χ4n) is 1.47. The first-order chi connectivity index (χ1) is 8.06. The van der Waals surface area contributed by atoms with Crippen LogP contribution in [0.25, 0.3) is 0 Å². The lowest BCUT2D eigenvalue weighted by Gasteiger charge is -2.14. The maximum absolute atomic E-state index is 13.3. The minimum atomic E-state index is -0.273. The Hall–Kier alpha value is -0.580. The van der Waals surface area contributed by atoms with Gasteiger partial charge in [0.25, 0.3) is 0 Å². The second-order valence-corrected chi connectivity index (χ2v) is 6.08. The summed E-state index contributed by atoms with van der Waals surface area (Å²) in [5.41, 5.74) is 1.85. The molecule has 0 amide bonds. The van der Waals surface area contributed by atoms with Crippen LogP contribution in [0.1, 0.15) is 18.5 Å². The monoisotopic (exact) mass is 333 g/mol. The number of benzene rings is 1. The van der Waals surface area contributed by atoms with Gasteiger partial charge in [-0.1, -0.05) is 11.6 Å². The largest absolute Gasteiger partial charge is 0.378 e. The third kappa shape index (κ3) is 3.21. The molecule has 0 saturated carbocycles. The van der Waals surface area contributed by atoms with Crippen molar-refractivity contribution in [3.8, 4) is 0 Å². The number of hydrogen-bond donors (Lipinski definition) is 1. The smallest absolute Gasteiger partial charge is 0.139 e. The first-order valence-corrected chi connectivity index (χ1v) is 7.07. The highest BCUT2D eigenvalue weighted by molar-refractivity contribution is 9.10. The number of rotatable bonds is 3. The SMILES string of the molecule is CC(Nc1ccc(Br)c(F)c1)c1csc(Cl)c1. The highest BCUT2D eigenvalue weighted by atomic mass is 79.9. The van der Waals surface area contributed by atoms with E-state index in [9.17, 15) is 4.39 Å². The van der Waals surface area contributed by atoms with E-state index in [1.54, 1.807) is 6.07 Å². The summed E-state index contributed by atoms with van der Waals surface area (Å²) in [5.74, 6) is -0.273. The third-order valence-electron chi connectivity index (χ3n) is 2.39. The van der Waals surface area contributed by atoms with Gasteiger partial charge >= 0.3 is 0 Å². The Balaban J connectivity index is 2.12. The molecule has 0 radical (unpaired) electrons. The van der Waals surface area contributed by atoms with Crippen molar-refractivity contribution in [3.63, 3.8) is 0 Å². The minimum Gasteiger partial charge on any atom is -0.378 e. The molecule has 90 valence electrons. The number of anilines is 1. The van der Waals surface area contributed by atoms with E-state index in [0.29, 0.717) is 4.47 Å². The highest BCUT2D eigenvalue weighted by Gasteiger charge is 2.08. The zero-order valence-corrected chi connectivity index (χ0v) is 12.2. The quantitative estimate of drug-likeness (QED) is 0.784. The molecule has 5 heteroatoms. The van der Waals surface area contributed by atoms with Crippen LogP contribution < -0.4 is 5.32 Å². The van der Waals surface area contributed by atoms with Crippen LogP contribution in [0, 0.1) is 5.82 Å². The van der Waals surface area contributed by atoms with Gasteiger partial charge in [0.15, 0.2) is 0 Å². The molecule has 1 aromatic carbocycles. The van der Waals surface area contributed by atoms with E-state index in [4.69, 9.17) is 11.6 Å². The molecular weight excluding hydrogens is 325 g/mol. The molecule has 0 aliphatic carbocycles. The second-order valence-electron chi connectivity index (χ2n) is 3.68. The zero-order chi connectivity index (χ0) is 12.4. The number of nitrogens with one attached hydrogen (secondary N) is 1. The molecule has 17 heavy (non-hydrogen) atoms. The molecule has 1 N–H and O–H groups in total. The van der Waals surface area contributed by atoms with Crippen molar-refractivity contribution in [1.29, 1.82) is 0 Å². The Morgan fingerprint density at radius 2 is 2.18 bits per heavy atom. The summed E-state index contributed by atoms with van der Waals surface area (Å²) in [5, 5.41) is 5.22. The van der Waals surface area contributed by atoms with Gasteiger partial charge in [-0.25, -0.2) is 4.39 Å². The Morgan fingerprint density at radius 3 is 2.76 bits per heavy atom. The standard InChI is InChI=1S/C12H10BrClFNS/c1-7(8-4-12(14)17-6-8)16-9-2-3-10(13)11(15)5-9/h2-7,16H,1H3. The molecule has 0 aliphatic heterocycles. The van der Waals surface area contributed by atoms with Crippen molar-refractivity contribution in [2.24, 2.45) is 0 Å². The molecule has 1 atom stereocenters. The van der Waals surface area contributed by atoms with E-state index >= 15 is 0 Å². The van der Waals surface area contributed by atoms with Gasteiger partial charge in [-0.05, 0) is 58.1 Å². The van der Waals surface area contributed by atoms with E-state index in [-0.39, 0.29) is 11.9 Å². The third-order valence-corrected chi connectivity index (χ3v) is 4.14. The molecule has 1 unspecified atom stereocenters. The van der Waals surface area contributed by atoms with Crippen molar-refractivity contribution in [3.05, 3.63) is 49.8 Å². The zero-order valence-electron chi connectivity index (χ0n) is 9.01. The normalized spacial score (nSPS) is 12.5. The van der Waals surface area contributed by atoms with Crippen LogP contribution in [-0.4, -0.2) is 0 Å². The topological polar surface area (TPSA) is 12.0 Å². The van der Waals surface area contributed by atoms with Crippen molar-refractivity contribution < 1.29 is 4.39 Å². The summed E-state index contributed by atoms with van der Waals surface area (Å²) in [4.78, 5) is 0. The first-order valence-electron chi connectivity index (χ1n) is 5.02. The van der Waals surface area contributed by atoms with Crippen LogP contribution in [0.5, 0.6) is 0 Å². The van der Waals surface area contributed by atoms with E-state index in [0.717, 1.165) is 15.6 Å². The van der Waals surface area contributed by atoms with Crippen molar-refractivity contribution >= 4 is 44.6 Å². The molecule has 0 saturated heterocycles. The Labute approximate surface area is 117 Å². The number of halogens is 3. The van der Waals surface area contributed by atoms with Gasteiger partial charge in [-0.3, -0.25) is 0 Å². The van der Waals surface area contributed by atoms with E-state index in [1.165, 1.54) is 17.4 Å². The summed E-state index contributed by atoms with van der Waals surface area (Å²) in [6.45, 7) is 2.01. The maximum atomic E-state index is 13.3. The number of hydrogen-bond acceptors (Lipinski definition) is 2. The van der Waals surface area contributed by atoms with Gasteiger partial charge in [-0.15, -0.1) is 11.3 Å². The summed E-state index contributed by atoms with van der Waals surface area (Å²) in [6, 6.07) is 7.00. The maximum Gasteiger partial charge on any atom is 0.139 e. The van der Waals surface area contributed by atoms with Crippen molar-refractivity contribution in [2.45, 2.75) is 13.0 Å². The van der Waals surface area contributed by atoms with E-state index in [2.05, 4.69) is 21.2 Å². The Morgan fingerprint density at radius 1 is 1.41 bits per heavy atom. The molecule has 0 spiro atoms. The van der Waals surface area contributed by atoms with Crippen molar-refractivity contribution in [1.82, 2.24) is 0 Å². The summed E-state index contributed by atoms with van der Waals surface area (Å²) in [6.07, 6.45) is 0. The summed E-state index contributed by atoms with van der Waals surface area (Å²) in [7, 11) is 0. The van der Waals surface area contributed by atoms with Gasteiger partial charge in [0.2, 0.25) is 0 Å². The van der Waals surface area contributed by atoms with Gasteiger partial charge in [0, 0.05) is 11.7 Å². The van der Waals surface area contributed by atoms with Crippen LogP contribution in [0.2, 0.25) is 4.34 Å². The average molecular weight is 335 g/mol. The molecule has 1 nitrogen and oxygen atoms in total. The predicted molar refractivity (Wildman–Crippen MR) is 75.5 cm³/mol. The van der Waals surface area contributed by atoms with Crippen LogP contribution in [0.4, 0.5) is 10.1 Å². The minimum absolute atomic E-state index is 0.0966. The Kier molecular flexibility index (Phi) is 4.07. The summed E-state index contributed by atoms with van der Waals surface area (Å²) >= 11 is 10.5.